The minimum Gasteiger partial charge on any atom is -0.347 e. The van der Waals surface area contributed by atoms with E-state index in [0.717, 1.165) is 22.4 Å². The molecule has 2 heterocycles. The highest BCUT2D eigenvalue weighted by atomic mass is 79.9. The summed E-state index contributed by atoms with van der Waals surface area (Å²) in [4.78, 5) is 4.34. The lowest BCUT2D eigenvalue weighted by atomic mass is 9.93. The highest BCUT2D eigenvalue weighted by molar-refractivity contribution is 9.10. The van der Waals surface area contributed by atoms with Crippen molar-refractivity contribution in [1.29, 1.82) is 0 Å². The van der Waals surface area contributed by atoms with Crippen LogP contribution in [0.5, 0.6) is 0 Å². The Morgan fingerprint density at radius 2 is 2.04 bits per heavy atom. The number of halogens is 3. The van der Waals surface area contributed by atoms with Crippen molar-refractivity contribution in [3.8, 4) is 0 Å². The predicted molar refractivity (Wildman–Crippen MR) is 99.7 cm³/mol. The summed E-state index contributed by atoms with van der Waals surface area (Å²) in [5, 5.41) is 9.09. The molecule has 4 rings (SSSR count). The molecule has 0 fully saturated rings. The number of hydrogen-bond acceptors (Lipinski definition) is 3. The van der Waals surface area contributed by atoms with Crippen molar-refractivity contribution in [2.45, 2.75) is 18.5 Å². The molecule has 24 heavy (non-hydrogen) atoms. The molecule has 1 aliphatic rings. The Hall–Kier alpha value is -1.56. The Balaban J connectivity index is 1.76. The van der Waals surface area contributed by atoms with Gasteiger partial charge in [-0.3, -0.25) is 0 Å². The summed E-state index contributed by atoms with van der Waals surface area (Å²) in [6.45, 7) is 0. The van der Waals surface area contributed by atoms with Crippen molar-refractivity contribution in [2.75, 3.05) is 5.32 Å². The van der Waals surface area contributed by atoms with Crippen LogP contribution in [0, 0.1) is 0 Å². The van der Waals surface area contributed by atoms with E-state index in [0.29, 0.717) is 10.0 Å². The summed E-state index contributed by atoms with van der Waals surface area (Å²) in [7, 11) is 0. The molecule has 3 aromatic rings. The molecule has 0 bridgehead atoms. The average Bonchev–Trinajstić information content (AvgIpc) is 3.02. The van der Waals surface area contributed by atoms with Crippen LogP contribution in [-0.4, -0.2) is 14.8 Å². The van der Waals surface area contributed by atoms with Crippen LogP contribution < -0.4 is 5.32 Å². The number of anilines is 1. The maximum absolute atomic E-state index is 6.41. The number of nitrogens with zero attached hydrogens (tertiary/aromatic N) is 3. The number of nitrogens with one attached hydrogen (secondary N) is 1. The summed E-state index contributed by atoms with van der Waals surface area (Å²) < 4.78 is 2.96. The Kier molecular flexibility index (Phi) is 4.24. The molecule has 0 amide bonds. The van der Waals surface area contributed by atoms with Crippen molar-refractivity contribution < 1.29 is 0 Å². The van der Waals surface area contributed by atoms with Gasteiger partial charge in [-0.15, -0.1) is 0 Å². The Morgan fingerprint density at radius 1 is 1.17 bits per heavy atom. The summed E-state index contributed by atoms with van der Waals surface area (Å²) >= 11 is 16.0. The van der Waals surface area contributed by atoms with Gasteiger partial charge in [0.05, 0.1) is 12.1 Å². The second-order valence-corrected chi connectivity index (χ2v) is 7.46. The van der Waals surface area contributed by atoms with E-state index >= 15 is 0 Å². The van der Waals surface area contributed by atoms with E-state index in [1.165, 1.54) is 5.56 Å². The molecule has 0 saturated heterocycles. The topological polar surface area (TPSA) is 42.7 Å². The molecule has 122 valence electrons. The predicted octanol–water partition coefficient (Wildman–Crippen LogP) is 5.49. The minimum atomic E-state index is 0.0375. The normalized spacial score (nSPS) is 19.6. The molecule has 2 atom stereocenters. The third-order valence-corrected chi connectivity index (χ3v) is 5.26. The smallest absolute Gasteiger partial charge is 0.222 e. The van der Waals surface area contributed by atoms with Crippen molar-refractivity contribution >= 4 is 45.1 Å². The van der Waals surface area contributed by atoms with Crippen LogP contribution >= 0.6 is 39.1 Å². The van der Waals surface area contributed by atoms with Crippen molar-refractivity contribution in [2.24, 2.45) is 0 Å². The molecule has 7 heteroatoms. The Morgan fingerprint density at radius 3 is 2.83 bits per heavy atom. The van der Waals surface area contributed by atoms with Gasteiger partial charge in [0.1, 0.15) is 6.33 Å². The Labute approximate surface area is 157 Å². The molecular formula is C17H13BrCl2N4. The maximum Gasteiger partial charge on any atom is 0.222 e. The van der Waals surface area contributed by atoms with Crippen LogP contribution in [0.15, 0.2) is 53.3 Å². The third-order valence-electron chi connectivity index (χ3n) is 4.20. The zero-order chi connectivity index (χ0) is 16.7. The highest BCUT2D eigenvalue weighted by Gasteiger charge is 2.30. The molecule has 1 aliphatic heterocycles. The molecule has 0 aliphatic carbocycles. The number of rotatable bonds is 2. The van der Waals surface area contributed by atoms with E-state index in [4.69, 9.17) is 23.2 Å². The third kappa shape index (κ3) is 2.92. The van der Waals surface area contributed by atoms with Gasteiger partial charge in [0, 0.05) is 14.5 Å². The van der Waals surface area contributed by atoms with Crippen LogP contribution in [0.3, 0.4) is 0 Å². The average molecular weight is 424 g/mol. The standard InChI is InChI=1S/C17H13BrCl2N4/c18-11-3-1-2-10(6-11)16-8-15(23-17-21-9-22-24(16)17)13-5-4-12(19)7-14(13)20/h1-7,9,15-16H,8H2,(H,21,22,23). The van der Waals surface area contributed by atoms with Gasteiger partial charge < -0.3 is 5.32 Å². The summed E-state index contributed by atoms with van der Waals surface area (Å²) in [6, 6.07) is 14.0. The first-order chi connectivity index (χ1) is 11.6. The lowest BCUT2D eigenvalue weighted by Crippen LogP contribution is -2.28. The second-order valence-electron chi connectivity index (χ2n) is 5.70. The first-order valence-corrected chi connectivity index (χ1v) is 9.03. The molecule has 4 nitrogen and oxygen atoms in total. The van der Waals surface area contributed by atoms with Crippen LogP contribution in [0.2, 0.25) is 10.0 Å². The molecule has 0 radical (unpaired) electrons. The number of benzene rings is 2. The number of aromatic nitrogens is 3. The van der Waals surface area contributed by atoms with Gasteiger partial charge in [0.25, 0.3) is 0 Å². The lowest BCUT2D eigenvalue weighted by molar-refractivity contribution is 0.431. The Bertz CT molecular complexity index is 896. The van der Waals surface area contributed by atoms with Gasteiger partial charge >= 0.3 is 0 Å². The van der Waals surface area contributed by atoms with E-state index in [9.17, 15) is 0 Å². The SMILES string of the molecule is Clc1ccc(C2CC(c3cccc(Br)c3)n3ncnc3N2)c(Cl)c1. The van der Waals surface area contributed by atoms with Crippen LogP contribution in [0.25, 0.3) is 0 Å². The fourth-order valence-corrected chi connectivity index (χ4v) is 4.06. The van der Waals surface area contributed by atoms with Gasteiger partial charge in [-0.1, -0.05) is 57.3 Å². The molecule has 0 spiro atoms. The van der Waals surface area contributed by atoms with Crippen molar-refractivity contribution in [3.63, 3.8) is 0 Å². The van der Waals surface area contributed by atoms with Gasteiger partial charge in [-0.25, -0.2) is 4.68 Å². The lowest BCUT2D eigenvalue weighted by Gasteiger charge is -2.32. The molecule has 0 saturated carbocycles. The zero-order valence-electron chi connectivity index (χ0n) is 12.5. The van der Waals surface area contributed by atoms with E-state index in [1.807, 2.05) is 28.9 Å². The van der Waals surface area contributed by atoms with Crippen LogP contribution in [0.1, 0.15) is 29.6 Å². The van der Waals surface area contributed by atoms with E-state index in [1.54, 1.807) is 12.4 Å². The first kappa shape index (κ1) is 15.9. The number of fused-ring (bicyclic) bond motifs is 1. The van der Waals surface area contributed by atoms with Crippen LogP contribution in [-0.2, 0) is 0 Å². The zero-order valence-corrected chi connectivity index (χ0v) is 15.6. The molecular weight excluding hydrogens is 411 g/mol. The largest absolute Gasteiger partial charge is 0.347 e. The highest BCUT2D eigenvalue weighted by Crippen LogP contribution is 2.40. The quantitative estimate of drug-likeness (QED) is 0.592. The number of hydrogen-bond donors (Lipinski definition) is 1. The molecule has 2 aromatic carbocycles. The van der Waals surface area contributed by atoms with Crippen molar-refractivity contribution in [1.82, 2.24) is 14.8 Å². The van der Waals surface area contributed by atoms with Crippen LogP contribution in [0.4, 0.5) is 5.95 Å². The van der Waals surface area contributed by atoms with Gasteiger partial charge in [0.2, 0.25) is 5.95 Å². The second kappa shape index (κ2) is 6.39. The molecule has 1 N–H and O–H groups in total. The first-order valence-electron chi connectivity index (χ1n) is 7.48. The van der Waals surface area contributed by atoms with E-state index in [-0.39, 0.29) is 12.1 Å². The van der Waals surface area contributed by atoms with E-state index in [2.05, 4.69) is 43.5 Å². The fourth-order valence-electron chi connectivity index (χ4n) is 3.10. The molecule has 2 unspecified atom stereocenters. The minimum absolute atomic E-state index is 0.0375. The summed E-state index contributed by atoms with van der Waals surface area (Å²) in [6.07, 6.45) is 2.38. The molecule has 1 aromatic heterocycles. The summed E-state index contributed by atoms with van der Waals surface area (Å²) in [5.41, 5.74) is 2.18. The van der Waals surface area contributed by atoms with Crippen molar-refractivity contribution in [3.05, 3.63) is 74.4 Å². The van der Waals surface area contributed by atoms with Gasteiger partial charge in [-0.05, 0) is 41.8 Å². The van der Waals surface area contributed by atoms with Gasteiger partial charge in [-0.2, -0.15) is 10.1 Å². The summed E-state index contributed by atoms with van der Waals surface area (Å²) in [5.74, 6) is 0.738. The van der Waals surface area contributed by atoms with E-state index < -0.39 is 0 Å². The maximum atomic E-state index is 6.41. The monoisotopic (exact) mass is 422 g/mol. The fraction of sp³-hybridized carbons (Fsp3) is 0.176. The van der Waals surface area contributed by atoms with Gasteiger partial charge in [0.15, 0.2) is 0 Å².